The zero-order chi connectivity index (χ0) is 14.0. The van der Waals surface area contributed by atoms with E-state index in [2.05, 4.69) is 40.7 Å². The van der Waals surface area contributed by atoms with E-state index in [4.69, 9.17) is 0 Å². The zero-order valence-electron chi connectivity index (χ0n) is 11.3. The lowest BCUT2D eigenvalue weighted by molar-refractivity contribution is -0.384. The van der Waals surface area contributed by atoms with E-state index in [9.17, 15) is 10.1 Å². The fraction of sp³-hybridized carbons (Fsp3) is 0.500. The molecule has 0 aliphatic heterocycles. The Bertz CT molecular complexity index is 429. The molecule has 0 spiro atoms. The largest absolute Gasteiger partial charge is 0.269 e. The van der Waals surface area contributed by atoms with Crippen LogP contribution in [0.15, 0.2) is 24.3 Å². The Labute approximate surface area is 119 Å². The summed E-state index contributed by atoms with van der Waals surface area (Å²) < 4.78 is 0. The highest BCUT2D eigenvalue weighted by atomic mass is 79.9. The van der Waals surface area contributed by atoms with Crippen molar-refractivity contribution in [2.75, 3.05) is 11.6 Å². The van der Waals surface area contributed by atoms with Gasteiger partial charge in [-0.15, -0.1) is 0 Å². The van der Waals surface area contributed by atoms with Crippen molar-refractivity contribution in [2.45, 2.75) is 25.4 Å². The van der Waals surface area contributed by atoms with Gasteiger partial charge in [0.1, 0.15) is 0 Å². The van der Waals surface area contributed by atoms with E-state index in [1.165, 1.54) is 10.9 Å². The summed E-state index contributed by atoms with van der Waals surface area (Å²) >= 11 is 3.89. The van der Waals surface area contributed by atoms with Crippen LogP contribution < -0.4 is 0 Å². The van der Waals surface area contributed by atoms with Crippen molar-refractivity contribution < 1.29 is 4.92 Å². The van der Waals surface area contributed by atoms with Crippen molar-refractivity contribution in [3.8, 4) is 0 Å². The minimum absolute atomic E-state index is 0.162. The number of nitro groups is 1. The van der Waals surface area contributed by atoms with Gasteiger partial charge in [-0.3, -0.25) is 10.1 Å². The van der Waals surface area contributed by atoms with Crippen LogP contribution in [0.5, 0.6) is 0 Å². The van der Waals surface area contributed by atoms with Gasteiger partial charge in [-0.1, -0.05) is 31.8 Å². The number of halogens is 1. The number of non-ortho nitro benzene ring substituents is 1. The van der Waals surface area contributed by atoms with Gasteiger partial charge in [0, 0.05) is 17.9 Å². The Hall–Kier alpha value is -0.333. The van der Waals surface area contributed by atoms with E-state index < -0.39 is 16.5 Å². The average molecular weight is 350 g/mol. The number of hydrogen-bond acceptors (Lipinski definition) is 2. The summed E-state index contributed by atoms with van der Waals surface area (Å²) in [5.74, 6) is 0.981. The van der Waals surface area contributed by atoms with Gasteiger partial charge in [0.2, 0.25) is 0 Å². The smallest absolute Gasteiger partial charge is 0.258 e. The van der Waals surface area contributed by atoms with Gasteiger partial charge < -0.3 is 0 Å². The van der Waals surface area contributed by atoms with E-state index >= 15 is 0 Å². The number of nitrogens with zero attached hydrogens (tertiary/aromatic N) is 1. The summed E-state index contributed by atoms with van der Waals surface area (Å²) in [4.78, 5) is 10.2. The van der Waals surface area contributed by atoms with E-state index in [0.717, 1.165) is 5.75 Å². The Morgan fingerprint density at radius 1 is 1.28 bits per heavy atom. The first-order valence-electron chi connectivity index (χ1n) is 5.76. The summed E-state index contributed by atoms with van der Waals surface area (Å²) in [6.45, 7) is 7.11. The van der Waals surface area contributed by atoms with E-state index in [0.29, 0.717) is 0 Å². The van der Waals surface area contributed by atoms with Crippen molar-refractivity contribution >= 4 is 37.0 Å². The first-order valence-corrected chi connectivity index (χ1v) is 13.7. The standard InChI is InChI=1S/C12H20BrNO2SSi/c1-17(13,10-18(2,3)4)9-11-5-7-12(8-6-11)14(15)16/h5-8H,9-10H2,1-4H3. The van der Waals surface area contributed by atoms with E-state index in [1.807, 2.05) is 12.1 Å². The summed E-state index contributed by atoms with van der Waals surface area (Å²) in [5, 5.41) is 11.9. The van der Waals surface area contributed by atoms with Gasteiger partial charge in [-0.05, 0) is 32.0 Å². The molecule has 0 radical (unpaired) electrons. The van der Waals surface area contributed by atoms with Crippen LogP contribution in [0.25, 0.3) is 0 Å². The normalized spacial score (nSPS) is 16.9. The molecule has 0 heterocycles. The van der Waals surface area contributed by atoms with Crippen molar-refractivity contribution in [1.29, 1.82) is 0 Å². The molecule has 3 nitrogen and oxygen atoms in total. The van der Waals surface area contributed by atoms with Crippen LogP contribution in [0, 0.1) is 10.1 Å². The molecule has 0 saturated heterocycles. The molecule has 0 bridgehead atoms. The maximum Gasteiger partial charge on any atom is 0.269 e. The maximum atomic E-state index is 10.6. The third-order valence-corrected chi connectivity index (χ3v) is 11.9. The summed E-state index contributed by atoms with van der Waals surface area (Å²) in [6, 6.07) is 6.92. The minimum atomic E-state index is -1.09. The molecule has 0 aliphatic rings. The number of rotatable bonds is 5. The van der Waals surface area contributed by atoms with Crippen molar-refractivity contribution in [1.82, 2.24) is 0 Å². The van der Waals surface area contributed by atoms with Crippen LogP contribution in [0.1, 0.15) is 5.56 Å². The summed E-state index contributed by atoms with van der Waals surface area (Å²) in [7, 11) is -1.91. The van der Waals surface area contributed by atoms with Crippen LogP contribution in [0.3, 0.4) is 0 Å². The first kappa shape index (κ1) is 15.7. The molecule has 0 saturated carbocycles. The van der Waals surface area contributed by atoms with Gasteiger partial charge in [-0.25, -0.2) is 0 Å². The summed E-state index contributed by atoms with van der Waals surface area (Å²) in [6.07, 6.45) is 2.28. The van der Waals surface area contributed by atoms with Gasteiger partial charge in [-0.2, -0.15) is 8.46 Å². The minimum Gasteiger partial charge on any atom is -0.258 e. The maximum absolute atomic E-state index is 10.6. The van der Waals surface area contributed by atoms with Gasteiger partial charge in [0.15, 0.2) is 0 Å². The van der Waals surface area contributed by atoms with Crippen molar-refractivity contribution in [3.05, 3.63) is 39.9 Å². The molecule has 1 atom stereocenters. The predicted octanol–water partition coefficient (Wildman–Crippen LogP) is 4.72. The Balaban J connectivity index is 2.75. The van der Waals surface area contributed by atoms with Crippen LogP contribution >= 0.6 is 23.3 Å². The van der Waals surface area contributed by atoms with Gasteiger partial charge in [0.25, 0.3) is 5.69 Å². The Morgan fingerprint density at radius 3 is 2.17 bits per heavy atom. The lowest BCUT2D eigenvalue weighted by Gasteiger charge is -2.34. The van der Waals surface area contributed by atoms with E-state index in [1.54, 1.807) is 12.1 Å². The predicted molar refractivity (Wildman–Crippen MR) is 87.5 cm³/mol. The zero-order valence-corrected chi connectivity index (χ0v) is 14.7. The molecule has 6 heteroatoms. The molecule has 1 aromatic carbocycles. The molecule has 0 aliphatic carbocycles. The van der Waals surface area contributed by atoms with Crippen molar-refractivity contribution in [2.24, 2.45) is 0 Å². The molecule has 18 heavy (non-hydrogen) atoms. The number of hydrogen-bond donors (Lipinski definition) is 0. The van der Waals surface area contributed by atoms with Gasteiger partial charge >= 0.3 is 0 Å². The van der Waals surface area contributed by atoms with Crippen LogP contribution in [-0.2, 0) is 5.75 Å². The fourth-order valence-electron chi connectivity index (χ4n) is 2.02. The molecule has 102 valence electrons. The van der Waals surface area contributed by atoms with Crippen LogP contribution in [0.2, 0.25) is 19.6 Å². The molecular weight excluding hydrogens is 330 g/mol. The number of nitro benzene ring substituents is 1. The highest BCUT2D eigenvalue weighted by molar-refractivity contribution is 9.58. The Morgan fingerprint density at radius 2 is 1.78 bits per heavy atom. The average Bonchev–Trinajstić information content (AvgIpc) is 2.13. The molecular formula is C12H20BrNO2SSi. The molecule has 1 aromatic rings. The molecule has 0 fully saturated rings. The Kier molecular flexibility index (Phi) is 5.03. The molecule has 0 aromatic heterocycles. The molecule has 1 unspecified atom stereocenters. The summed E-state index contributed by atoms with van der Waals surface area (Å²) in [5.41, 5.74) is 1.34. The third kappa shape index (κ3) is 5.54. The van der Waals surface area contributed by atoms with E-state index in [-0.39, 0.29) is 10.6 Å². The van der Waals surface area contributed by atoms with Gasteiger partial charge in [0.05, 0.1) is 13.0 Å². The lowest BCUT2D eigenvalue weighted by atomic mass is 10.2. The monoisotopic (exact) mass is 349 g/mol. The lowest BCUT2D eigenvalue weighted by Crippen LogP contribution is -2.28. The second-order valence-electron chi connectivity index (χ2n) is 5.93. The van der Waals surface area contributed by atoms with Crippen LogP contribution in [0.4, 0.5) is 5.69 Å². The van der Waals surface area contributed by atoms with Crippen LogP contribution in [-0.4, -0.2) is 24.6 Å². The SMILES string of the molecule is C[Si](C)(C)CS(C)(Br)Cc1ccc([N+](=O)[O-])cc1. The highest BCUT2D eigenvalue weighted by Crippen LogP contribution is 2.56. The third-order valence-electron chi connectivity index (χ3n) is 2.35. The second kappa shape index (κ2) is 5.75. The molecule has 0 amide bonds. The number of benzene rings is 1. The fourth-order valence-corrected chi connectivity index (χ4v) is 17.5. The molecule has 1 rings (SSSR count). The molecule has 0 N–H and O–H groups in total. The van der Waals surface area contributed by atoms with Crippen molar-refractivity contribution in [3.63, 3.8) is 0 Å². The first-order chi connectivity index (χ1) is 8.09. The second-order valence-corrected chi connectivity index (χ2v) is 19.5. The quantitative estimate of drug-likeness (QED) is 0.438. The highest BCUT2D eigenvalue weighted by Gasteiger charge is 2.24. The topological polar surface area (TPSA) is 43.1 Å².